The highest BCUT2D eigenvalue weighted by molar-refractivity contribution is 6.35. The summed E-state index contributed by atoms with van der Waals surface area (Å²) in [5.74, 6) is -0.330. The lowest BCUT2D eigenvalue weighted by Crippen LogP contribution is -2.22. The number of benzene rings is 2. The van der Waals surface area contributed by atoms with Crippen molar-refractivity contribution in [3.8, 4) is 0 Å². The van der Waals surface area contributed by atoms with Crippen LogP contribution in [0, 0.1) is 0 Å². The maximum absolute atomic E-state index is 12.4. The molecule has 1 aromatic heterocycles. The second-order valence-electron chi connectivity index (χ2n) is 5.58. The normalized spacial score (nSPS) is 10.6. The fourth-order valence-electron chi connectivity index (χ4n) is 2.36. The van der Waals surface area contributed by atoms with E-state index in [1.165, 1.54) is 22.9 Å². The predicted octanol–water partition coefficient (Wildman–Crippen LogP) is 5.11. The SMILES string of the molecule is O=C(Nc1ccc(Cl)cc1)c1ccc(=O)n(Cc2ccc(Cl)cc2Cl)c1. The summed E-state index contributed by atoms with van der Waals surface area (Å²) >= 11 is 17.9. The molecule has 0 aliphatic rings. The number of carbonyl (C=O) groups is 1. The topological polar surface area (TPSA) is 51.1 Å². The zero-order valence-electron chi connectivity index (χ0n) is 13.4. The van der Waals surface area contributed by atoms with Gasteiger partial charge in [-0.05, 0) is 48.0 Å². The second-order valence-corrected chi connectivity index (χ2v) is 6.86. The van der Waals surface area contributed by atoms with Crippen molar-refractivity contribution in [2.24, 2.45) is 0 Å². The van der Waals surface area contributed by atoms with Crippen LogP contribution in [0.4, 0.5) is 5.69 Å². The Balaban J connectivity index is 1.83. The minimum absolute atomic E-state index is 0.233. The molecule has 0 atom stereocenters. The summed E-state index contributed by atoms with van der Waals surface area (Å²) in [6.07, 6.45) is 1.50. The number of anilines is 1. The molecule has 4 nitrogen and oxygen atoms in total. The number of nitrogens with one attached hydrogen (secondary N) is 1. The van der Waals surface area contributed by atoms with E-state index in [0.29, 0.717) is 26.3 Å². The molecule has 0 bridgehead atoms. The van der Waals surface area contributed by atoms with Gasteiger partial charge < -0.3 is 9.88 Å². The molecule has 0 spiro atoms. The molecule has 0 aliphatic heterocycles. The van der Waals surface area contributed by atoms with E-state index in [4.69, 9.17) is 34.8 Å². The van der Waals surface area contributed by atoms with Crippen molar-refractivity contribution in [1.29, 1.82) is 0 Å². The van der Waals surface area contributed by atoms with Crippen molar-refractivity contribution in [3.63, 3.8) is 0 Å². The molecule has 0 unspecified atom stereocenters. The molecule has 3 rings (SSSR count). The molecule has 0 aliphatic carbocycles. The molecule has 26 heavy (non-hydrogen) atoms. The average molecular weight is 408 g/mol. The number of hydrogen-bond acceptors (Lipinski definition) is 2. The molecule has 132 valence electrons. The Morgan fingerprint density at radius 1 is 0.923 bits per heavy atom. The fourth-order valence-corrected chi connectivity index (χ4v) is 2.95. The lowest BCUT2D eigenvalue weighted by molar-refractivity contribution is 0.102. The molecular formula is C19H13Cl3N2O2. The number of hydrogen-bond donors (Lipinski definition) is 1. The van der Waals surface area contributed by atoms with Crippen molar-refractivity contribution in [2.45, 2.75) is 6.54 Å². The van der Waals surface area contributed by atoms with E-state index in [1.54, 1.807) is 42.5 Å². The number of aromatic nitrogens is 1. The van der Waals surface area contributed by atoms with E-state index in [2.05, 4.69) is 5.32 Å². The quantitative estimate of drug-likeness (QED) is 0.653. The van der Waals surface area contributed by atoms with Gasteiger partial charge in [0, 0.05) is 33.0 Å². The zero-order chi connectivity index (χ0) is 18.7. The van der Waals surface area contributed by atoms with Gasteiger partial charge in [0.25, 0.3) is 11.5 Å². The summed E-state index contributed by atoms with van der Waals surface area (Å²) < 4.78 is 1.42. The third kappa shape index (κ3) is 4.47. The third-order valence-corrected chi connectivity index (χ3v) is 4.54. The molecular weight excluding hydrogens is 395 g/mol. The number of amides is 1. The maximum atomic E-state index is 12.4. The summed E-state index contributed by atoms with van der Waals surface area (Å²) in [4.78, 5) is 24.5. The monoisotopic (exact) mass is 406 g/mol. The highest BCUT2D eigenvalue weighted by Crippen LogP contribution is 2.21. The van der Waals surface area contributed by atoms with E-state index in [9.17, 15) is 9.59 Å². The molecule has 7 heteroatoms. The van der Waals surface area contributed by atoms with Crippen LogP contribution < -0.4 is 10.9 Å². The van der Waals surface area contributed by atoms with Gasteiger partial charge in [0.05, 0.1) is 12.1 Å². The van der Waals surface area contributed by atoms with Gasteiger partial charge in [-0.15, -0.1) is 0 Å². The third-order valence-electron chi connectivity index (χ3n) is 3.70. The van der Waals surface area contributed by atoms with Crippen molar-refractivity contribution in [1.82, 2.24) is 4.57 Å². The van der Waals surface area contributed by atoms with Crippen LogP contribution in [0.1, 0.15) is 15.9 Å². The van der Waals surface area contributed by atoms with Gasteiger partial charge in [-0.1, -0.05) is 40.9 Å². The zero-order valence-corrected chi connectivity index (χ0v) is 15.6. The first-order chi connectivity index (χ1) is 12.4. The molecule has 0 saturated carbocycles. The number of pyridine rings is 1. The summed E-state index contributed by atoms with van der Waals surface area (Å²) in [5.41, 5.74) is 1.45. The minimum atomic E-state index is -0.330. The highest BCUT2D eigenvalue weighted by atomic mass is 35.5. The van der Waals surface area contributed by atoms with Gasteiger partial charge in [0.15, 0.2) is 0 Å². The smallest absolute Gasteiger partial charge is 0.257 e. The molecule has 1 heterocycles. The lowest BCUT2D eigenvalue weighted by Gasteiger charge is -2.10. The Kier molecular flexibility index (Phi) is 5.67. The van der Waals surface area contributed by atoms with Gasteiger partial charge in [0.2, 0.25) is 0 Å². The maximum Gasteiger partial charge on any atom is 0.257 e. The van der Waals surface area contributed by atoms with E-state index >= 15 is 0 Å². The molecule has 2 aromatic carbocycles. The van der Waals surface area contributed by atoms with Crippen LogP contribution in [0.25, 0.3) is 0 Å². The Hall–Kier alpha value is -2.27. The lowest BCUT2D eigenvalue weighted by atomic mass is 10.2. The number of halogens is 3. The first-order valence-corrected chi connectivity index (χ1v) is 8.77. The van der Waals surface area contributed by atoms with Crippen LogP contribution in [-0.4, -0.2) is 10.5 Å². The molecule has 3 aromatic rings. The first-order valence-electron chi connectivity index (χ1n) is 7.64. The minimum Gasteiger partial charge on any atom is -0.322 e. The van der Waals surface area contributed by atoms with E-state index in [1.807, 2.05) is 0 Å². The first kappa shape index (κ1) is 18.5. The van der Waals surface area contributed by atoms with Crippen LogP contribution in [0.2, 0.25) is 15.1 Å². The van der Waals surface area contributed by atoms with E-state index in [0.717, 1.165) is 5.56 Å². The Morgan fingerprint density at radius 2 is 1.62 bits per heavy atom. The Bertz CT molecular complexity index is 1010. The Labute approximate surface area is 164 Å². The molecule has 1 amide bonds. The van der Waals surface area contributed by atoms with Gasteiger partial charge in [-0.3, -0.25) is 9.59 Å². The summed E-state index contributed by atoms with van der Waals surface area (Å²) in [6, 6.07) is 14.6. The van der Waals surface area contributed by atoms with Crippen molar-refractivity contribution >= 4 is 46.4 Å². The second kappa shape index (κ2) is 7.96. The molecule has 0 saturated heterocycles. The van der Waals surface area contributed by atoms with Crippen LogP contribution >= 0.6 is 34.8 Å². The summed E-state index contributed by atoms with van der Waals surface area (Å²) in [5, 5.41) is 4.31. The number of rotatable bonds is 4. The van der Waals surface area contributed by atoms with E-state index < -0.39 is 0 Å². The van der Waals surface area contributed by atoms with Crippen LogP contribution in [-0.2, 0) is 6.54 Å². The molecule has 0 fully saturated rings. The van der Waals surface area contributed by atoms with Crippen molar-refractivity contribution < 1.29 is 4.79 Å². The number of carbonyl (C=O) groups excluding carboxylic acids is 1. The molecule has 1 N–H and O–H groups in total. The summed E-state index contributed by atoms with van der Waals surface area (Å²) in [6.45, 7) is 0.233. The van der Waals surface area contributed by atoms with Gasteiger partial charge in [-0.25, -0.2) is 0 Å². The fraction of sp³-hybridized carbons (Fsp3) is 0.0526. The van der Waals surface area contributed by atoms with Gasteiger partial charge in [-0.2, -0.15) is 0 Å². The predicted molar refractivity (Wildman–Crippen MR) is 106 cm³/mol. The Morgan fingerprint density at radius 3 is 2.31 bits per heavy atom. The highest BCUT2D eigenvalue weighted by Gasteiger charge is 2.10. The van der Waals surface area contributed by atoms with E-state index in [-0.39, 0.29) is 18.0 Å². The largest absolute Gasteiger partial charge is 0.322 e. The van der Waals surface area contributed by atoms with Gasteiger partial charge in [0.1, 0.15) is 0 Å². The summed E-state index contributed by atoms with van der Waals surface area (Å²) in [7, 11) is 0. The number of nitrogens with zero attached hydrogens (tertiary/aromatic N) is 1. The van der Waals surface area contributed by atoms with Crippen molar-refractivity contribution in [2.75, 3.05) is 5.32 Å². The van der Waals surface area contributed by atoms with Crippen LogP contribution in [0.15, 0.2) is 65.6 Å². The van der Waals surface area contributed by atoms with Crippen LogP contribution in [0.3, 0.4) is 0 Å². The molecule has 0 radical (unpaired) electrons. The standard InChI is InChI=1S/C19H13Cl3N2O2/c20-14-4-6-16(7-5-14)23-19(26)13-2-8-18(25)24(11-13)10-12-1-3-15(21)9-17(12)22/h1-9,11H,10H2,(H,23,26). The van der Waals surface area contributed by atoms with Gasteiger partial charge >= 0.3 is 0 Å². The average Bonchev–Trinajstić information content (AvgIpc) is 2.61. The van der Waals surface area contributed by atoms with Crippen molar-refractivity contribution in [3.05, 3.63) is 97.3 Å². The van der Waals surface area contributed by atoms with Crippen LogP contribution in [0.5, 0.6) is 0 Å².